The Labute approximate surface area is 129 Å². The third-order valence-corrected chi connectivity index (χ3v) is 4.35. The van der Waals surface area contributed by atoms with Gasteiger partial charge in [0.25, 0.3) is 5.91 Å². The topological polar surface area (TPSA) is 91.6 Å². The number of hydrogen-bond acceptors (Lipinski definition) is 6. The van der Waals surface area contributed by atoms with Crippen molar-refractivity contribution in [2.75, 3.05) is 43.9 Å². The first-order chi connectivity index (χ1) is 9.94. The highest BCUT2D eigenvalue weighted by Crippen LogP contribution is 2.27. The van der Waals surface area contributed by atoms with Crippen LogP contribution in [0, 0.1) is 0 Å². The fourth-order valence-electron chi connectivity index (χ4n) is 1.71. The minimum absolute atomic E-state index is 0.0309. The van der Waals surface area contributed by atoms with Crippen molar-refractivity contribution in [2.24, 2.45) is 0 Å². The van der Waals surface area contributed by atoms with E-state index in [1.807, 2.05) is 32.7 Å². The van der Waals surface area contributed by atoms with E-state index in [4.69, 9.17) is 5.73 Å². The summed E-state index contributed by atoms with van der Waals surface area (Å²) in [6.07, 6.45) is 0. The molecule has 118 valence electrons. The summed E-state index contributed by atoms with van der Waals surface area (Å²) in [4.78, 5) is 32.0. The van der Waals surface area contributed by atoms with Crippen molar-refractivity contribution in [3.63, 3.8) is 0 Å². The van der Waals surface area contributed by atoms with Gasteiger partial charge < -0.3 is 20.9 Å². The summed E-state index contributed by atoms with van der Waals surface area (Å²) in [6.45, 7) is 7.78. The molecule has 0 aliphatic heterocycles. The maximum atomic E-state index is 12.1. The van der Waals surface area contributed by atoms with Crippen LogP contribution in [-0.2, 0) is 4.79 Å². The number of nitrogens with two attached hydrogens (primary N) is 1. The summed E-state index contributed by atoms with van der Waals surface area (Å²) in [5, 5.41) is 3.29. The molecule has 0 bridgehead atoms. The van der Waals surface area contributed by atoms with E-state index >= 15 is 0 Å². The van der Waals surface area contributed by atoms with Crippen LogP contribution in [0.2, 0.25) is 0 Å². The van der Waals surface area contributed by atoms with Crippen molar-refractivity contribution in [1.29, 1.82) is 0 Å². The van der Waals surface area contributed by atoms with Crippen LogP contribution in [0.25, 0.3) is 0 Å². The summed E-state index contributed by atoms with van der Waals surface area (Å²) in [6, 6.07) is 0. The van der Waals surface area contributed by atoms with Gasteiger partial charge in [0, 0.05) is 26.7 Å². The van der Waals surface area contributed by atoms with Crippen molar-refractivity contribution >= 4 is 34.1 Å². The van der Waals surface area contributed by atoms with E-state index in [0.717, 1.165) is 6.54 Å². The first kappa shape index (κ1) is 17.2. The zero-order valence-corrected chi connectivity index (χ0v) is 13.8. The van der Waals surface area contributed by atoms with E-state index in [9.17, 15) is 9.59 Å². The third-order valence-electron chi connectivity index (χ3n) is 3.17. The second-order valence-electron chi connectivity index (χ2n) is 4.47. The number of nitrogens with one attached hydrogen (secondary N) is 1. The molecule has 1 aromatic heterocycles. The van der Waals surface area contributed by atoms with Gasteiger partial charge in [0.15, 0.2) is 5.13 Å². The molecule has 0 saturated heterocycles. The number of amides is 2. The molecule has 0 unspecified atom stereocenters. The van der Waals surface area contributed by atoms with Gasteiger partial charge in [-0.3, -0.25) is 9.59 Å². The highest BCUT2D eigenvalue weighted by Gasteiger charge is 2.19. The number of aromatic nitrogens is 1. The Morgan fingerprint density at radius 2 is 1.86 bits per heavy atom. The minimum Gasteiger partial charge on any atom is -0.382 e. The zero-order valence-electron chi connectivity index (χ0n) is 13.0. The van der Waals surface area contributed by atoms with Crippen LogP contribution in [0.15, 0.2) is 0 Å². The fraction of sp³-hybridized carbons (Fsp3) is 0.615. The van der Waals surface area contributed by atoms with Crippen LogP contribution in [0.5, 0.6) is 0 Å². The Hall–Kier alpha value is -1.83. The average Bonchev–Trinajstić information content (AvgIpc) is 2.87. The molecule has 2 amide bonds. The molecular weight excluding hydrogens is 290 g/mol. The number of thiazole rings is 1. The van der Waals surface area contributed by atoms with Crippen LogP contribution in [-0.4, -0.2) is 54.9 Å². The molecular formula is C13H23N5O2S. The summed E-state index contributed by atoms with van der Waals surface area (Å²) in [5.74, 6) is -0.272. The Kier molecular flexibility index (Phi) is 6.41. The Bertz CT molecular complexity index is 499. The molecule has 8 heteroatoms. The maximum absolute atomic E-state index is 12.1. The molecule has 1 heterocycles. The van der Waals surface area contributed by atoms with Crippen molar-refractivity contribution in [3.8, 4) is 0 Å². The Morgan fingerprint density at radius 3 is 2.38 bits per heavy atom. The van der Waals surface area contributed by atoms with Gasteiger partial charge >= 0.3 is 0 Å². The number of nitrogen functional groups attached to an aromatic ring is 1. The molecule has 0 saturated carbocycles. The standard InChI is InChI=1S/C13H23N5O2S/c1-5-17(4)13-16-11(14)10(21-13)12(20)15-8-9(19)18(6-2)7-3/h5-8,14H2,1-4H3,(H,15,20). The summed E-state index contributed by atoms with van der Waals surface area (Å²) < 4.78 is 0. The highest BCUT2D eigenvalue weighted by molar-refractivity contribution is 7.18. The van der Waals surface area contributed by atoms with Gasteiger partial charge in [-0.05, 0) is 20.8 Å². The predicted molar refractivity (Wildman–Crippen MR) is 85.7 cm³/mol. The number of likely N-dealkylation sites (N-methyl/N-ethyl adjacent to an activating group) is 1. The van der Waals surface area contributed by atoms with Gasteiger partial charge in [0.1, 0.15) is 10.7 Å². The van der Waals surface area contributed by atoms with Crippen LogP contribution in [0.4, 0.5) is 10.9 Å². The molecule has 0 fully saturated rings. The maximum Gasteiger partial charge on any atom is 0.265 e. The Balaban J connectivity index is 2.68. The number of anilines is 2. The highest BCUT2D eigenvalue weighted by atomic mass is 32.1. The summed E-state index contributed by atoms with van der Waals surface area (Å²) in [5.41, 5.74) is 5.77. The van der Waals surface area contributed by atoms with Gasteiger partial charge in [-0.2, -0.15) is 0 Å². The van der Waals surface area contributed by atoms with Crippen molar-refractivity contribution in [2.45, 2.75) is 20.8 Å². The first-order valence-electron chi connectivity index (χ1n) is 6.97. The van der Waals surface area contributed by atoms with Crippen molar-refractivity contribution in [1.82, 2.24) is 15.2 Å². The number of carbonyl (C=O) groups excluding carboxylic acids is 2. The second-order valence-corrected chi connectivity index (χ2v) is 5.45. The van der Waals surface area contributed by atoms with E-state index in [2.05, 4.69) is 10.3 Å². The number of nitrogens with zero attached hydrogens (tertiary/aromatic N) is 3. The lowest BCUT2D eigenvalue weighted by Crippen LogP contribution is -2.39. The van der Waals surface area contributed by atoms with Gasteiger partial charge in [-0.25, -0.2) is 4.98 Å². The normalized spacial score (nSPS) is 10.3. The van der Waals surface area contributed by atoms with Crippen LogP contribution >= 0.6 is 11.3 Å². The van der Waals surface area contributed by atoms with Gasteiger partial charge in [0.2, 0.25) is 5.91 Å². The van der Waals surface area contributed by atoms with E-state index in [1.54, 1.807) is 4.90 Å². The quantitative estimate of drug-likeness (QED) is 0.776. The molecule has 0 spiro atoms. The van der Waals surface area contributed by atoms with Crippen molar-refractivity contribution < 1.29 is 9.59 Å². The molecule has 1 aromatic rings. The number of carbonyl (C=O) groups is 2. The SMILES string of the molecule is CCN(CC)C(=O)CNC(=O)c1sc(N(C)CC)nc1N. The molecule has 0 aromatic carbocycles. The van der Waals surface area contributed by atoms with Gasteiger partial charge in [-0.1, -0.05) is 11.3 Å². The summed E-state index contributed by atoms with van der Waals surface area (Å²) >= 11 is 1.22. The smallest absolute Gasteiger partial charge is 0.265 e. The fourth-order valence-corrected chi connectivity index (χ4v) is 2.63. The number of rotatable bonds is 7. The monoisotopic (exact) mass is 313 g/mol. The zero-order chi connectivity index (χ0) is 16.0. The molecule has 0 aliphatic rings. The second kappa shape index (κ2) is 7.82. The van der Waals surface area contributed by atoms with Crippen LogP contribution in [0.1, 0.15) is 30.4 Å². The molecule has 0 atom stereocenters. The van der Waals surface area contributed by atoms with Crippen LogP contribution < -0.4 is 16.0 Å². The molecule has 7 nitrogen and oxygen atoms in total. The van der Waals surface area contributed by atoms with Gasteiger partial charge in [0.05, 0.1) is 6.54 Å². The van der Waals surface area contributed by atoms with Crippen LogP contribution in [0.3, 0.4) is 0 Å². The lowest BCUT2D eigenvalue weighted by atomic mass is 10.4. The molecule has 21 heavy (non-hydrogen) atoms. The molecule has 0 radical (unpaired) electrons. The van der Waals surface area contributed by atoms with E-state index in [1.165, 1.54) is 11.3 Å². The minimum atomic E-state index is -0.360. The predicted octanol–water partition coefficient (Wildman–Crippen LogP) is 0.780. The lowest BCUT2D eigenvalue weighted by molar-refractivity contribution is -0.129. The van der Waals surface area contributed by atoms with Gasteiger partial charge in [-0.15, -0.1) is 0 Å². The molecule has 3 N–H and O–H groups in total. The Morgan fingerprint density at radius 1 is 1.24 bits per heavy atom. The summed E-state index contributed by atoms with van der Waals surface area (Å²) in [7, 11) is 1.88. The average molecular weight is 313 g/mol. The van der Waals surface area contributed by atoms with Crippen molar-refractivity contribution in [3.05, 3.63) is 4.88 Å². The molecule has 0 aliphatic carbocycles. The largest absolute Gasteiger partial charge is 0.382 e. The first-order valence-corrected chi connectivity index (χ1v) is 7.79. The number of hydrogen-bond donors (Lipinski definition) is 2. The molecule has 1 rings (SSSR count). The van der Waals surface area contributed by atoms with E-state index in [-0.39, 0.29) is 24.2 Å². The lowest BCUT2D eigenvalue weighted by Gasteiger charge is -2.18. The van der Waals surface area contributed by atoms with E-state index < -0.39 is 0 Å². The third kappa shape index (κ3) is 4.32. The van der Waals surface area contributed by atoms with E-state index in [0.29, 0.717) is 23.1 Å².